The Balaban J connectivity index is 1.41. The minimum atomic E-state index is -0.712. The van der Waals surface area contributed by atoms with Gasteiger partial charge >= 0.3 is 5.97 Å². The highest BCUT2D eigenvalue weighted by Crippen LogP contribution is 2.39. The Morgan fingerprint density at radius 3 is 2.50 bits per heavy atom. The van der Waals surface area contributed by atoms with Crippen molar-refractivity contribution >= 4 is 5.97 Å². The number of piperidine rings is 1. The van der Waals surface area contributed by atoms with Gasteiger partial charge in [-0.15, -0.1) is 0 Å². The van der Waals surface area contributed by atoms with Gasteiger partial charge in [-0.25, -0.2) is 0 Å². The Labute approximate surface area is 132 Å². The van der Waals surface area contributed by atoms with Gasteiger partial charge in [-0.1, -0.05) is 30.3 Å². The van der Waals surface area contributed by atoms with E-state index in [-0.39, 0.29) is 6.54 Å². The third-order valence-corrected chi connectivity index (χ3v) is 5.07. The van der Waals surface area contributed by atoms with Crippen molar-refractivity contribution in [1.82, 2.24) is 10.2 Å². The molecule has 0 spiro atoms. The maximum absolute atomic E-state index is 10.7. The molecule has 120 valence electrons. The Hall–Kier alpha value is -1.39. The van der Waals surface area contributed by atoms with Gasteiger partial charge in [0.1, 0.15) is 0 Å². The molecule has 1 aromatic carbocycles. The van der Waals surface area contributed by atoms with Crippen molar-refractivity contribution in [2.24, 2.45) is 5.92 Å². The molecule has 1 saturated heterocycles. The van der Waals surface area contributed by atoms with Gasteiger partial charge in [0.25, 0.3) is 0 Å². The summed E-state index contributed by atoms with van der Waals surface area (Å²) in [7, 11) is 0. The monoisotopic (exact) mass is 302 g/mol. The van der Waals surface area contributed by atoms with E-state index in [4.69, 9.17) is 5.11 Å². The molecule has 0 amide bonds. The first-order valence-electron chi connectivity index (χ1n) is 8.38. The molecule has 3 rings (SSSR count). The van der Waals surface area contributed by atoms with Crippen LogP contribution >= 0.6 is 0 Å². The molecule has 1 aliphatic heterocycles. The Morgan fingerprint density at radius 2 is 1.91 bits per heavy atom. The number of rotatable bonds is 7. The van der Waals surface area contributed by atoms with Crippen molar-refractivity contribution in [3.63, 3.8) is 0 Å². The first-order valence-corrected chi connectivity index (χ1v) is 8.38. The fourth-order valence-corrected chi connectivity index (χ4v) is 3.45. The molecule has 1 saturated carbocycles. The molecular formula is C18H26N2O2. The molecule has 22 heavy (non-hydrogen) atoms. The average Bonchev–Trinajstić information content (AvgIpc) is 3.27. The lowest BCUT2D eigenvalue weighted by molar-refractivity contribution is -0.138. The molecule has 4 heteroatoms. The van der Waals surface area contributed by atoms with E-state index in [0.29, 0.717) is 11.5 Å². The predicted octanol–water partition coefficient (Wildman–Crippen LogP) is 2.15. The van der Waals surface area contributed by atoms with Crippen LogP contribution < -0.4 is 5.32 Å². The number of aliphatic carboxylic acids is 1. The van der Waals surface area contributed by atoms with E-state index in [1.165, 1.54) is 18.4 Å². The summed E-state index contributed by atoms with van der Waals surface area (Å²) in [5.41, 5.74) is 1.75. The zero-order valence-electron chi connectivity index (χ0n) is 13.1. The minimum absolute atomic E-state index is 0.193. The average molecular weight is 302 g/mol. The molecule has 0 aromatic heterocycles. The number of benzene rings is 1. The van der Waals surface area contributed by atoms with Crippen LogP contribution in [0.25, 0.3) is 0 Å². The number of hydrogen-bond donors (Lipinski definition) is 2. The third kappa shape index (κ3) is 4.31. The highest BCUT2D eigenvalue weighted by Gasteiger charge is 2.42. The molecule has 1 heterocycles. The van der Waals surface area contributed by atoms with Crippen LogP contribution in [-0.2, 0) is 11.2 Å². The topological polar surface area (TPSA) is 52.6 Å². The highest BCUT2D eigenvalue weighted by atomic mass is 16.4. The fraction of sp³-hybridized carbons (Fsp3) is 0.611. The maximum Gasteiger partial charge on any atom is 0.317 e. The van der Waals surface area contributed by atoms with Gasteiger partial charge in [-0.2, -0.15) is 0 Å². The zero-order valence-corrected chi connectivity index (χ0v) is 13.1. The van der Waals surface area contributed by atoms with Crippen LogP contribution in [-0.4, -0.2) is 47.7 Å². The Bertz CT molecular complexity index is 491. The summed E-state index contributed by atoms with van der Waals surface area (Å²) in [6, 6.07) is 10.7. The van der Waals surface area contributed by atoms with Crippen LogP contribution in [0.2, 0.25) is 0 Å². The van der Waals surface area contributed by atoms with Crippen LogP contribution in [0.4, 0.5) is 0 Å². The standard InChI is InChI=1S/C18H26N2O2/c21-17(22)14-20-10-6-16(7-11-20)13-19-18(8-9-18)12-15-4-2-1-3-5-15/h1-5,16,19H,6-14H2,(H,21,22). The van der Waals surface area contributed by atoms with E-state index in [1.54, 1.807) is 0 Å². The van der Waals surface area contributed by atoms with Crippen LogP contribution in [0.1, 0.15) is 31.2 Å². The highest BCUT2D eigenvalue weighted by molar-refractivity contribution is 5.69. The summed E-state index contributed by atoms with van der Waals surface area (Å²) in [6.07, 6.45) is 5.91. The van der Waals surface area contributed by atoms with Crippen molar-refractivity contribution in [3.8, 4) is 0 Å². The lowest BCUT2D eigenvalue weighted by Gasteiger charge is -2.32. The maximum atomic E-state index is 10.7. The normalized spacial score (nSPS) is 21.6. The van der Waals surface area contributed by atoms with Gasteiger partial charge < -0.3 is 10.4 Å². The summed E-state index contributed by atoms with van der Waals surface area (Å²) in [5, 5.41) is 12.6. The molecule has 0 radical (unpaired) electrons. The Morgan fingerprint density at radius 1 is 1.23 bits per heavy atom. The number of carboxylic acid groups (broad SMARTS) is 1. The summed E-state index contributed by atoms with van der Waals surface area (Å²) in [5.74, 6) is -0.0188. The number of nitrogens with zero attached hydrogens (tertiary/aromatic N) is 1. The third-order valence-electron chi connectivity index (χ3n) is 5.07. The molecular weight excluding hydrogens is 276 g/mol. The Kier molecular flexibility index (Phi) is 4.79. The minimum Gasteiger partial charge on any atom is -0.480 e. The fourth-order valence-electron chi connectivity index (χ4n) is 3.45. The van der Waals surface area contributed by atoms with E-state index in [9.17, 15) is 4.79 Å². The predicted molar refractivity (Wildman–Crippen MR) is 86.9 cm³/mol. The first kappa shape index (κ1) is 15.5. The second-order valence-corrected chi connectivity index (χ2v) is 6.94. The van der Waals surface area contributed by atoms with Crippen LogP contribution in [0.3, 0.4) is 0 Å². The summed E-state index contributed by atoms with van der Waals surface area (Å²) < 4.78 is 0. The largest absolute Gasteiger partial charge is 0.480 e. The smallest absolute Gasteiger partial charge is 0.317 e. The van der Waals surface area contributed by atoms with Crippen LogP contribution in [0.15, 0.2) is 30.3 Å². The SMILES string of the molecule is O=C(O)CN1CCC(CNC2(Cc3ccccc3)CC2)CC1. The number of likely N-dealkylation sites (tertiary alicyclic amines) is 1. The number of carboxylic acids is 1. The van der Waals surface area contributed by atoms with Gasteiger partial charge in [0.05, 0.1) is 6.54 Å². The van der Waals surface area contributed by atoms with Crippen molar-refractivity contribution in [3.05, 3.63) is 35.9 Å². The molecule has 0 unspecified atom stereocenters. The molecule has 2 aliphatic rings. The molecule has 4 nitrogen and oxygen atoms in total. The van der Waals surface area contributed by atoms with Gasteiger partial charge in [-0.3, -0.25) is 9.69 Å². The number of nitrogens with one attached hydrogen (secondary N) is 1. The summed E-state index contributed by atoms with van der Waals surface area (Å²) in [4.78, 5) is 12.8. The summed E-state index contributed by atoms with van der Waals surface area (Å²) in [6.45, 7) is 3.11. The lowest BCUT2D eigenvalue weighted by atomic mass is 9.95. The van der Waals surface area contributed by atoms with Crippen molar-refractivity contribution in [2.45, 2.75) is 37.6 Å². The quantitative estimate of drug-likeness (QED) is 0.810. The molecule has 1 aromatic rings. The van der Waals surface area contributed by atoms with Crippen LogP contribution in [0, 0.1) is 5.92 Å². The number of hydrogen-bond acceptors (Lipinski definition) is 3. The van der Waals surface area contributed by atoms with Gasteiger partial charge in [-0.05, 0) is 63.2 Å². The van der Waals surface area contributed by atoms with Crippen molar-refractivity contribution in [2.75, 3.05) is 26.2 Å². The van der Waals surface area contributed by atoms with Gasteiger partial charge in [0.2, 0.25) is 0 Å². The molecule has 2 fully saturated rings. The summed E-state index contributed by atoms with van der Waals surface area (Å²) >= 11 is 0. The van der Waals surface area contributed by atoms with E-state index in [1.807, 2.05) is 0 Å². The van der Waals surface area contributed by atoms with E-state index in [2.05, 4.69) is 40.5 Å². The lowest BCUT2D eigenvalue weighted by Crippen LogP contribution is -2.42. The van der Waals surface area contributed by atoms with Crippen molar-refractivity contribution < 1.29 is 9.90 Å². The molecule has 2 N–H and O–H groups in total. The van der Waals surface area contributed by atoms with Gasteiger partial charge in [0, 0.05) is 5.54 Å². The van der Waals surface area contributed by atoms with Crippen LogP contribution in [0.5, 0.6) is 0 Å². The second kappa shape index (κ2) is 6.80. The first-order chi connectivity index (χ1) is 10.7. The van der Waals surface area contributed by atoms with Crippen molar-refractivity contribution in [1.29, 1.82) is 0 Å². The van der Waals surface area contributed by atoms with E-state index in [0.717, 1.165) is 38.9 Å². The zero-order chi connectivity index (χ0) is 15.4. The second-order valence-electron chi connectivity index (χ2n) is 6.94. The van der Waals surface area contributed by atoms with E-state index >= 15 is 0 Å². The number of carbonyl (C=O) groups is 1. The van der Waals surface area contributed by atoms with E-state index < -0.39 is 5.97 Å². The molecule has 1 aliphatic carbocycles. The molecule has 0 atom stereocenters. The van der Waals surface area contributed by atoms with Gasteiger partial charge in [0.15, 0.2) is 0 Å². The molecule has 0 bridgehead atoms.